The number of carboxylic acid groups (broad SMARTS) is 1. The van der Waals surface area contributed by atoms with Gasteiger partial charge in [0.1, 0.15) is 10.6 Å². The molecular weight excluding hydrogens is 254 g/mol. The molecule has 1 aliphatic rings. The van der Waals surface area contributed by atoms with E-state index in [9.17, 15) is 9.59 Å². The van der Waals surface area contributed by atoms with Crippen molar-refractivity contribution in [2.75, 3.05) is 18.5 Å². The number of carboxylic acids is 1. The van der Waals surface area contributed by atoms with Crippen LogP contribution in [0.25, 0.3) is 0 Å². The van der Waals surface area contributed by atoms with Crippen LogP contribution in [-0.2, 0) is 4.79 Å². The highest BCUT2D eigenvalue weighted by Gasteiger charge is 2.50. The number of rotatable bonds is 4. The molecule has 1 amide bonds. The second-order valence-electron chi connectivity index (χ2n) is 4.60. The molecule has 1 fully saturated rings. The first-order valence-corrected chi connectivity index (χ1v) is 6.38. The van der Waals surface area contributed by atoms with Gasteiger partial charge in [0.05, 0.1) is 11.1 Å². The van der Waals surface area contributed by atoms with Crippen molar-refractivity contribution in [1.82, 2.24) is 4.37 Å². The van der Waals surface area contributed by atoms with Gasteiger partial charge in [-0.1, -0.05) is 0 Å². The smallest absolute Gasteiger partial charge is 0.340 e. The Balaban J connectivity index is 2.32. The fourth-order valence-electron chi connectivity index (χ4n) is 1.94. The van der Waals surface area contributed by atoms with Crippen LogP contribution < -0.4 is 10.6 Å². The summed E-state index contributed by atoms with van der Waals surface area (Å²) in [6.45, 7) is 1.92. The molecule has 1 aromatic rings. The number of anilines is 1. The number of nitrogens with zero attached hydrogens (tertiary/aromatic N) is 2. The SMILES string of the molecule is Cc1nsc(N(C)C(=O)C2(CN)CC2)c1C(=O)O. The van der Waals surface area contributed by atoms with E-state index >= 15 is 0 Å². The molecule has 0 atom stereocenters. The molecule has 1 heterocycles. The lowest BCUT2D eigenvalue weighted by Crippen LogP contribution is -2.38. The summed E-state index contributed by atoms with van der Waals surface area (Å²) in [5, 5.41) is 9.53. The predicted octanol–water partition coefficient (Wildman–Crippen LogP) is 0.851. The zero-order valence-electron chi connectivity index (χ0n) is 10.3. The Morgan fingerprint density at radius 2 is 2.17 bits per heavy atom. The Hall–Kier alpha value is -1.47. The molecule has 98 valence electrons. The van der Waals surface area contributed by atoms with Crippen molar-refractivity contribution in [1.29, 1.82) is 0 Å². The average molecular weight is 269 g/mol. The lowest BCUT2D eigenvalue weighted by molar-refractivity contribution is -0.123. The molecule has 1 aliphatic carbocycles. The number of amides is 1. The van der Waals surface area contributed by atoms with E-state index in [2.05, 4.69) is 4.37 Å². The number of hydrogen-bond donors (Lipinski definition) is 2. The van der Waals surface area contributed by atoms with Crippen LogP contribution in [0.3, 0.4) is 0 Å². The standard InChI is InChI=1S/C11H15N3O3S/c1-6-7(9(15)16)8(18-13-6)14(2)10(17)11(5-12)3-4-11/h3-5,12H2,1-2H3,(H,15,16). The minimum Gasteiger partial charge on any atom is -0.478 e. The molecule has 6 nitrogen and oxygen atoms in total. The molecule has 0 bridgehead atoms. The molecule has 7 heteroatoms. The highest BCUT2D eigenvalue weighted by molar-refractivity contribution is 7.11. The number of nitrogens with two attached hydrogens (primary N) is 1. The van der Waals surface area contributed by atoms with Gasteiger partial charge in [0.25, 0.3) is 0 Å². The van der Waals surface area contributed by atoms with Crippen molar-refractivity contribution in [3.05, 3.63) is 11.3 Å². The molecule has 0 aliphatic heterocycles. The van der Waals surface area contributed by atoms with Crippen molar-refractivity contribution in [2.45, 2.75) is 19.8 Å². The Morgan fingerprint density at radius 3 is 2.61 bits per heavy atom. The molecule has 0 saturated heterocycles. The summed E-state index contributed by atoms with van der Waals surface area (Å²) in [5.41, 5.74) is 5.66. The van der Waals surface area contributed by atoms with Crippen LogP contribution in [-0.4, -0.2) is 34.9 Å². The first-order chi connectivity index (χ1) is 8.43. The van der Waals surface area contributed by atoms with Gasteiger partial charge in [0.15, 0.2) is 0 Å². The second kappa shape index (κ2) is 4.33. The minimum absolute atomic E-state index is 0.101. The summed E-state index contributed by atoms with van der Waals surface area (Å²) >= 11 is 1.03. The summed E-state index contributed by atoms with van der Waals surface area (Å²) in [4.78, 5) is 24.8. The molecule has 18 heavy (non-hydrogen) atoms. The molecule has 0 radical (unpaired) electrons. The van der Waals surface area contributed by atoms with Crippen molar-refractivity contribution in [3.8, 4) is 0 Å². The number of carbonyl (C=O) groups is 2. The number of hydrogen-bond acceptors (Lipinski definition) is 5. The van der Waals surface area contributed by atoms with Crippen molar-refractivity contribution < 1.29 is 14.7 Å². The number of aryl methyl sites for hydroxylation is 1. The lowest BCUT2D eigenvalue weighted by Gasteiger charge is -2.21. The van der Waals surface area contributed by atoms with Crippen LogP contribution in [0, 0.1) is 12.3 Å². The van der Waals surface area contributed by atoms with Crippen molar-refractivity contribution in [2.24, 2.45) is 11.1 Å². The number of aromatic carboxylic acids is 1. The third-order valence-corrected chi connectivity index (χ3v) is 4.38. The molecule has 0 unspecified atom stereocenters. The van der Waals surface area contributed by atoms with E-state index < -0.39 is 11.4 Å². The summed E-state index contributed by atoms with van der Waals surface area (Å²) < 4.78 is 4.01. The fourth-order valence-corrected chi connectivity index (χ4v) is 2.78. The van der Waals surface area contributed by atoms with Gasteiger partial charge in [-0.05, 0) is 31.3 Å². The van der Waals surface area contributed by atoms with E-state index in [1.807, 2.05) is 0 Å². The maximum atomic E-state index is 12.3. The van der Waals surface area contributed by atoms with Gasteiger partial charge in [-0.25, -0.2) is 4.79 Å². The summed E-state index contributed by atoms with van der Waals surface area (Å²) in [5.74, 6) is -1.18. The van der Waals surface area contributed by atoms with Gasteiger partial charge in [0.2, 0.25) is 5.91 Å². The van der Waals surface area contributed by atoms with Crippen LogP contribution in [0.1, 0.15) is 28.9 Å². The quantitative estimate of drug-likeness (QED) is 0.844. The minimum atomic E-state index is -1.06. The van der Waals surface area contributed by atoms with Gasteiger partial charge >= 0.3 is 5.97 Å². The van der Waals surface area contributed by atoms with E-state index in [-0.39, 0.29) is 11.5 Å². The molecular formula is C11H15N3O3S. The molecule has 1 saturated carbocycles. The fraction of sp³-hybridized carbons (Fsp3) is 0.545. The van der Waals surface area contributed by atoms with E-state index in [4.69, 9.17) is 10.8 Å². The summed E-state index contributed by atoms with van der Waals surface area (Å²) in [6, 6.07) is 0. The van der Waals surface area contributed by atoms with Crippen LogP contribution in [0.2, 0.25) is 0 Å². The molecule has 3 N–H and O–H groups in total. The Morgan fingerprint density at radius 1 is 1.56 bits per heavy atom. The Kier molecular flexibility index (Phi) is 3.12. The first kappa shape index (κ1) is 13.0. The van der Waals surface area contributed by atoms with Gasteiger partial charge in [-0.15, -0.1) is 0 Å². The monoisotopic (exact) mass is 269 g/mol. The van der Waals surface area contributed by atoms with Crippen LogP contribution in [0.4, 0.5) is 5.00 Å². The van der Waals surface area contributed by atoms with Gasteiger partial charge in [0, 0.05) is 13.6 Å². The van der Waals surface area contributed by atoms with Gasteiger partial charge < -0.3 is 15.7 Å². The van der Waals surface area contributed by atoms with E-state index in [1.54, 1.807) is 14.0 Å². The van der Waals surface area contributed by atoms with Gasteiger partial charge in [-0.2, -0.15) is 4.37 Å². The normalized spacial score (nSPS) is 16.4. The molecule has 2 rings (SSSR count). The molecule has 0 aromatic carbocycles. The maximum Gasteiger partial charge on any atom is 0.340 e. The third-order valence-electron chi connectivity index (χ3n) is 3.37. The first-order valence-electron chi connectivity index (χ1n) is 5.61. The largest absolute Gasteiger partial charge is 0.478 e. The zero-order valence-corrected chi connectivity index (χ0v) is 11.1. The molecule has 1 aromatic heterocycles. The number of aromatic nitrogens is 1. The van der Waals surface area contributed by atoms with Crippen molar-refractivity contribution in [3.63, 3.8) is 0 Å². The summed E-state index contributed by atoms with van der Waals surface area (Å²) in [7, 11) is 1.58. The zero-order chi connectivity index (χ0) is 13.5. The van der Waals surface area contributed by atoms with Gasteiger partial charge in [-0.3, -0.25) is 4.79 Å². The predicted molar refractivity (Wildman–Crippen MR) is 67.9 cm³/mol. The maximum absolute atomic E-state index is 12.3. The lowest BCUT2D eigenvalue weighted by atomic mass is 10.1. The second-order valence-corrected chi connectivity index (χ2v) is 5.35. The highest BCUT2D eigenvalue weighted by Crippen LogP contribution is 2.47. The van der Waals surface area contributed by atoms with Crippen LogP contribution in [0.15, 0.2) is 0 Å². The molecule has 0 spiro atoms. The van der Waals surface area contributed by atoms with E-state index in [0.29, 0.717) is 17.2 Å². The van der Waals surface area contributed by atoms with Crippen LogP contribution in [0.5, 0.6) is 0 Å². The summed E-state index contributed by atoms with van der Waals surface area (Å²) in [6.07, 6.45) is 1.54. The van der Waals surface area contributed by atoms with Crippen LogP contribution >= 0.6 is 11.5 Å². The van der Waals surface area contributed by atoms with E-state index in [0.717, 1.165) is 24.4 Å². The Labute approximate surface area is 109 Å². The van der Waals surface area contributed by atoms with E-state index in [1.165, 1.54) is 4.90 Å². The highest BCUT2D eigenvalue weighted by atomic mass is 32.1. The topological polar surface area (TPSA) is 96.5 Å². The third kappa shape index (κ3) is 1.89. The Bertz CT molecular complexity index is 508. The average Bonchev–Trinajstić information content (AvgIpc) is 3.04. The van der Waals surface area contributed by atoms with Crippen molar-refractivity contribution >= 4 is 28.4 Å². The number of carbonyl (C=O) groups excluding carboxylic acids is 1.